The van der Waals surface area contributed by atoms with Gasteiger partial charge in [-0.2, -0.15) is 0 Å². The van der Waals surface area contributed by atoms with E-state index in [9.17, 15) is 0 Å². The average Bonchev–Trinajstić information content (AvgIpc) is 2.63. The van der Waals surface area contributed by atoms with Gasteiger partial charge in [0.05, 0.1) is 14.2 Å². The maximum Gasteiger partial charge on any atom is 0.122 e. The van der Waals surface area contributed by atoms with Crippen LogP contribution in [-0.2, 0) is 6.42 Å². The number of hydrogen-bond donors (Lipinski definition) is 2. The van der Waals surface area contributed by atoms with E-state index in [0.717, 1.165) is 56.9 Å². The van der Waals surface area contributed by atoms with E-state index >= 15 is 0 Å². The summed E-state index contributed by atoms with van der Waals surface area (Å²) >= 11 is 0. The molecule has 0 fully saturated rings. The smallest absolute Gasteiger partial charge is 0.122 e. The zero-order valence-electron chi connectivity index (χ0n) is 17.2. The Bertz CT molecular complexity index is 576. The highest BCUT2D eigenvalue weighted by Crippen LogP contribution is 2.24. The molecule has 1 rings (SSSR count). The van der Waals surface area contributed by atoms with Crippen LogP contribution in [0.25, 0.3) is 0 Å². The molecule has 0 amide bonds. The molecule has 0 bridgehead atoms. The highest BCUT2D eigenvalue weighted by molar-refractivity contribution is 5.40. The summed E-state index contributed by atoms with van der Waals surface area (Å²) in [5.41, 5.74) is 4.02. The summed E-state index contributed by atoms with van der Waals surface area (Å²) in [4.78, 5) is 0. The Morgan fingerprint density at radius 3 is 2.42 bits per heavy atom. The fraction of sp³-hybridized carbons (Fsp3) is 0.545. The Morgan fingerprint density at radius 1 is 0.962 bits per heavy atom. The number of rotatable bonds is 13. The van der Waals surface area contributed by atoms with Crippen LogP contribution in [0.4, 0.5) is 0 Å². The molecule has 0 heterocycles. The lowest BCUT2D eigenvalue weighted by Gasteiger charge is -2.11. The monoisotopic (exact) mass is 360 g/mol. The molecule has 0 saturated heterocycles. The Morgan fingerprint density at radius 2 is 1.73 bits per heavy atom. The van der Waals surface area contributed by atoms with E-state index < -0.39 is 0 Å². The van der Waals surface area contributed by atoms with E-state index in [0.29, 0.717) is 0 Å². The number of hydrogen-bond acceptors (Lipinski definition) is 4. The Hall–Kier alpha value is -1.78. The lowest BCUT2D eigenvalue weighted by Crippen LogP contribution is -2.28. The van der Waals surface area contributed by atoms with Gasteiger partial charge in [-0.3, -0.25) is 0 Å². The Balaban J connectivity index is 2.15. The largest absolute Gasteiger partial charge is 0.497 e. The molecule has 0 saturated carbocycles. The zero-order chi connectivity index (χ0) is 19.2. The predicted molar refractivity (Wildman–Crippen MR) is 111 cm³/mol. The molecule has 0 aromatic heterocycles. The number of methoxy groups -OCH3 is 2. The van der Waals surface area contributed by atoms with Crippen molar-refractivity contribution in [3.8, 4) is 11.5 Å². The van der Waals surface area contributed by atoms with Crippen molar-refractivity contribution in [3.63, 3.8) is 0 Å². The highest BCUT2D eigenvalue weighted by Gasteiger charge is 2.04. The fourth-order valence-corrected chi connectivity index (χ4v) is 2.64. The van der Waals surface area contributed by atoms with E-state index in [1.54, 1.807) is 14.2 Å². The van der Waals surface area contributed by atoms with Crippen molar-refractivity contribution in [2.45, 2.75) is 40.0 Å². The summed E-state index contributed by atoms with van der Waals surface area (Å²) in [6.45, 7) is 10.3. The lowest BCUT2D eigenvalue weighted by atomic mass is 10.1. The van der Waals surface area contributed by atoms with Crippen molar-refractivity contribution in [1.29, 1.82) is 0 Å². The molecule has 1 aromatic rings. The lowest BCUT2D eigenvalue weighted by molar-refractivity contribution is 0.398. The first-order valence-corrected chi connectivity index (χ1v) is 9.48. The standard InChI is InChI=1S/C22H36N2O2/c1-18(2)7-6-8-19(3)11-13-23-15-16-24-14-12-20-17-21(25-4)9-10-22(20)26-5/h7,9-11,17,23-24H,6,8,12-16H2,1-5H3/b19-11+. The molecule has 26 heavy (non-hydrogen) atoms. The van der Waals surface area contributed by atoms with Crippen LogP contribution in [0.5, 0.6) is 11.5 Å². The SMILES string of the molecule is COc1ccc(OC)c(CCNCCNC/C=C(\C)CCC=C(C)C)c1. The van der Waals surface area contributed by atoms with Crippen LogP contribution in [0, 0.1) is 0 Å². The molecule has 0 aliphatic carbocycles. The first kappa shape index (κ1) is 22.3. The molecule has 0 spiro atoms. The van der Waals surface area contributed by atoms with Gasteiger partial charge in [0.15, 0.2) is 0 Å². The highest BCUT2D eigenvalue weighted by atomic mass is 16.5. The molecular formula is C22H36N2O2. The van der Waals surface area contributed by atoms with Gasteiger partial charge >= 0.3 is 0 Å². The van der Waals surface area contributed by atoms with Crippen LogP contribution in [0.15, 0.2) is 41.5 Å². The second-order valence-electron chi connectivity index (χ2n) is 6.75. The zero-order valence-corrected chi connectivity index (χ0v) is 17.2. The maximum absolute atomic E-state index is 5.41. The number of allylic oxidation sites excluding steroid dienone is 3. The van der Waals surface area contributed by atoms with Crippen LogP contribution in [0.3, 0.4) is 0 Å². The molecule has 4 heteroatoms. The second kappa shape index (κ2) is 13.4. The van der Waals surface area contributed by atoms with Gasteiger partial charge in [0.25, 0.3) is 0 Å². The fourth-order valence-electron chi connectivity index (χ4n) is 2.64. The predicted octanol–water partition coefficient (Wildman–Crippen LogP) is 4.12. The molecule has 0 radical (unpaired) electrons. The number of benzene rings is 1. The third kappa shape index (κ3) is 9.64. The van der Waals surface area contributed by atoms with Crippen LogP contribution in [0.1, 0.15) is 39.2 Å². The molecule has 0 aliphatic rings. The molecule has 0 aliphatic heterocycles. The van der Waals surface area contributed by atoms with Crippen LogP contribution >= 0.6 is 0 Å². The topological polar surface area (TPSA) is 42.5 Å². The normalized spacial score (nSPS) is 11.3. The minimum atomic E-state index is 0.870. The van der Waals surface area contributed by atoms with Gasteiger partial charge in [-0.25, -0.2) is 0 Å². The molecule has 0 atom stereocenters. The van der Waals surface area contributed by atoms with Gasteiger partial charge in [0.2, 0.25) is 0 Å². The van der Waals surface area contributed by atoms with E-state index in [-0.39, 0.29) is 0 Å². The van der Waals surface area contributed by atoms with Crippen molar-refractivity contribution >= 4 is 0 Å². The maximum atomic E-state index is 5.41. The third-order valence-corrected chi connectivity index (χ3v) is 4.22. The number of nitrogens with one attached hydrogen (secondary N) is 2. The van der Waals surface area contributed by atoms with Crippen molar-refractivity contribution in [1.82, 2.24) is 10.6 Å². The molecule has 0 unspecified atom stereocenters. The van der Waals surface area contributed by atoms with Crippen molar-refractivity contribution in [2.24, 2.45) is 0 Å². The van der Waals surface area contributed by atoms with Gasteiger partial charge in [0.1, 0.15) is 11.5 Å². The van der Waals surface area contributed by atoms with Gasteiger partial charge in [-0.05, 0) is 70.3 Å². The summed E-state index contributed by atoms with van der Waals surface area (Å²) in [5, 5.41) is 6.93. The molecule has 4 nitrogen and oxygen atoms in total. The van der Waals surface area contributed by atoms with E-state index in [4.69, 9.17) is 9.47 Å². The van der Waals surface area contributed by atoms with E-state index in [1.807, 2.05) is 18.2 Å². The molecule has 1 aromatic carbocycles. The first-order valence-electron chi connectivity index (χ1n) is 9.48. The minimum Gasteiger partial charge on any atom is -0.497 e. The van der Waals surface area contributed by atoms with Gasteiger partial charge in [-0.15, -0.1) is 0 Å². The summed E-state index contributed by atoms with van der Waals surface area (Å²) in [5.74, 6) is 1.79. The summed E-state index contributed by atoms with van der Waals surface area (Å²) in [7, 11) is 3.39. The molecular weight excluding hydrogens is 324 g/mol. The molecule has 2 N–H and O–H groups in total. The number of ether oxygens (including phenoxy) is 2. The summed E-state index contributed by atoms with van der Waals surface area (Å²) < 4.78 is 10.7. The summed E-state index contributed by atoms with van der Waals surface area (Å²) in [6, 6.07) is 5.93. The van der Waals surface area contributed by atoms with Crippen LogP contribution in [0.2, 0.25) is 0 Å². The minimum absolute atomic E-state index is 0.870. The Labute approximate surface area is 159 Å². The van der Waals surface area contributed by atoms with E-state index in [2.05, 4.69) is 43.6 Å². The van der Waals surface area contributed by atoms with Crippen molar-refractivity contribution in [2.75, 3.05) is 40.4 Å². The van der Waals surface area contributed by atoms with Crippen molar-refractivity contribution < 1.29 is 9.47 Å². The third-order valence-electron chi connectivity index (χ3n) is 4.22. The van der Waals surface area contributed by atoms with Gasteiger partial charge in [-0.1, -0.05) is 23.3 Å². The average molecular weight is 361 g/mol. The van der Waals surface area contributed by atoms with Crippen LogP contribution < -0.4 is 20.1 Å². The van der Waals surface area contributed by atoms with Crippen molar-refractivity contribution in [3.05, 3.63) is 47.1 Å². The Kier molecular flexibility index (Phi) is 11.5. The quantitative estimate of drug-likeness (QED) is 0.410. The molecule has 146 valence electrons. The summed E-state index contributed by atoms with van der Waals surface area (Å²) in [6.07, 6.45) is 7.79. The second-order valence-corrected chi connectivity index (χ2v) is 6.75. The van der Waals surface area contributed by atoms with Gasteiger partial charge in [0, 0.05) is 19.6 Å². The van der Waals surface area contributed by atoms with Gasteiger partial charge < -0.3 is 20.1 Å². The van der Waals surface area contributed by atoms with E-state index in [1.165, 1.54) is 16.7 Å². The first-order chi connectivity index (χ1) is 12.6. The van der Waals surface area contributed by atoms with Crippen LogP contribution in [-0.4, -0.2) is 40.4 Å².